The molecule has 0 aliphatic carbocycles. The third kappa shape index (κ3) is 3.26. The highest BCUT2D eigenvalue weighted by Gasteiger charge is 2.53. The number of halogens is 1. The summed E-state index contributed by atoms with van der Waals surface area (Å²) >= 11 is 0. The van der Waals surface area contributed by atoms with Gasteiger partial charge in [-0.15, -0.1) is 24.0 Å². The summed E-state index contributed by atoms with van der Waals surface area (Å²) < 4.78 is 0. The second-order valence-electron chi connectivity index (χ2n) is 5.76. The van der Waals surface area contributed by atoms with Gasteiger partial charge >= 0.3 is 0 Å². The Hall–Kier alpha value is 0. The van der Waals surface area contributed by atoms with E-state index in [4.69, 9.17) is 0 Å². The van der Waals surface area contributed by atoms with Crippen molar-refractivity contribution in [3.8, 4) is 0 Å². The van der Waals surface area contributed by atoms with Crippen LogP contribution in [-0.4, -0.2) is 36.0 Å². The molecule has 4 heteroatoms. The molecule has 0 aromatic rings. The van der Waals surface area contributed by atoms with Gasteiger partial charge in [-0.2, -0.15) is 0 Å². The summed E-state index contributed by atoms with van der Waals surface area (Å²) in [7, 11) is 0. The molecular formula is C13H28IN3. The molecule has 1 fully saturated rings. The summed E-state index contributed by atoms with van der Waals surface area (Å²) in [6.45, 7) is 16.5. The van der Waals surface area contributed by atoms with Gasteiger partial charge in [0.05, 0.1) is 0 Å². The lowest BCUT2D eigenvalue weighted by Gasteiger charge is -2.62. The Bertz CT molecular complexity index is 272. The molecule has 1 heterocycles. The minimum absolute atomic E-state index is 0. The predicted octanol–water partition coefficient (Wildman–Crippen LogP) is 3.10. The summed E-state index contributed by atoms with van der Waals surface area (Å²) in [5.74, 6) is 1.08. The second-order valence-corrected chi connectivity index (χ2v) is 5.76. The molecular weight excluding hydrogens is 325 g/mol. The summed E-state index contributed by atoms with van der Waals surface area (Å²) in [6.07, 6.45) is 1.10. The highest BCUT2D eigenvalue weighted by molar-refractivity contribution is 14.0. The Morgan fingerprint density at radius 3 is 2.18 bits per heavy atom. The molecule has 1 aliphatic heterocycles. The van der Waals surface area contributed by atoms with Gasteiger partial charge in [0.25, 0.3) is 0 Å². The van der Waals surface area contributed by atoms with Crippen LogP contribution >= 0.6 is 24.0 Å². The highest BCUT2D eigenvalue weighted by atomic mass is 127. The van der Waals surface area contributed by atoms with Crippen molar-refractivity contribution in [3.05, 3.63) is 0 Å². The van der Waals surface area contributed by atoms with Crippen LogP contribution in [0.3, 0.4) is 0 Å². The van der Waals surface area contributed by atoms with E-state index in [0.29, 0.717) is 5.41 Å². The van der Waals surface area contributed by atoms with Crippen molar-refractivity contribution in [2.75, 3.05) is 19.6 Å². The van der Waals surface area contributed by atoms with Crippen LogP contribution in [0.5, 0.6) is 0 Å². The van der Waals surface area contributed by atoms with Gasteiger partial charge in [0.2, 0.25) is 0 Å². The van der Waals surface area contributed by atoms with Gasteiger partial charge in [0.15, 0.2) is 5.96 Å². The van der Waals surface area contributed by atoms with E-state index < -0.39 is 0 Å². The largest absolute Gasteiger partial charge is 0.356 e. The summed E-state index contributed by atoms with van der Waals surface area (Å²) in [6, 6.07) is 0. The summed E-state index contributed by atoms with van der Waals surface area (Å²) in [5.41, 5.74) is 0.567. The number of hydrogen-bond acceptors (Lipinski definition) is 1. The fraction of sp³-hybridized carbons (Fsp3) is 0.923. The molecule has 0 aromatic carbocycles. The van der Waals surface area contributed by atoms with E-state index in [1.54, 1.807) is 0 Å². The number of rotatable bonds is 3. The van der Waals surface area contributed by atoms with Gasteiger partial charge in [0, 0.05) is 30.6 Å². The smallest absolute Gasteiger partial charge is 0.194 e. The number of hydrogen-bond donors (Lipinski definition) is 1. The first-order valence-corrected chi connectivity index (χ1v) is 6.42. The standard InChI is InChI=1S/C13H27N3.HI/c1-7-9-15-11(14-8-2)16-10-12(3,4)13(16,5)6;/h7-10H2,1-6H3,(H,14,15);1H. The average Bonchev–Trinajstić information content (AvgIpc) is 2.21. The first-order valence-electron chi connectivity index (χ1n) is 6.42. The van der Waals surface area contributed by atoms with Gasteiger partial charge < -0.3 is 10.2 Å². The lowest BCUT2D eigenvalue weighted by atomic mass is 9.65. The molecule has 17 heavy (non-hydrogen) atoms. The third-order valence-electron chi connectivity index (χ3n) is 3.96. The van der Waals surface area contributed by atoms with Gasteiger partial charge in [-0.05, 0) is 27.2 Å². The minimum Gasteiger partial charge on any atom is -0.356 e. The van der Waals surface area contributed by atoms with Crippen molar-refractivity contribution in [3.63, 3.8) is 0 Å². The second kappa shape index (κ2) is 6.25. The van der Waals surface area contributed by atoms with Crippen LogP contribution in [0.2, 0.25) is 0 Å². The van der Waals surface area contributed by atoms with E-state index in [2.05, 4.69) is 56.8 Å². The SMILES string of the molecule is CCCN=C(NCC)N1CC(C)(C)C1(C)C.I. The zero-order valence-corrected chi connectivity index (χ0v) is 14.5. The minimum atomic E-state index is 0. The van der Waals surface area contributed by atoms with Gasteiger partial charge in [-0.3, -0.25) is 4.99 Å². The van der Waals surface area contributed by atoms with Crippen molar-refractivity contribution in [1.29, 1.82) is 0 Å². The molecule has 1 N–H and O–H groups in total. The molecule has 0 radical (unpaired) electrons. The Morgan fingerprint density at radius 1 is 1.24 bits per heavy atom. The average molecular weight is 353 g/mol. The quantitative estimate of drug-likeness (QED) is 0.480. The van der Waals surface area contributed by atoms with Gasteiger partial charge in [0.1, 0.15) is 0 Å². The van der Waals surface area contributed by atoms with Crippen LogP contribution in [0.4, 0.5) is 0 Å². The molecule has 1 rings (SSSR count). The molecule has 0 spiro atoms. The maximum Gasteiger partial charge on any atom is 0.194 e. The van der Waals surface area contributed by atoms with E-state index in [1.807, 2.05) is 0 Å². The molecule has 0 atom stereocenters. The number of likely N-dealkylation sites (tertiary alicyclic amines) is 1. The van der Waals surface area contributed by atoms with Crippen molar-refractivity contribution in [1.82, 2.24) is 10.2 Å². The number of aliphatic imine (C=N–C) groups is 1. The normalized spacial score (nSPS) is 21.5. The zero-order valence-electron chi connectivity index (χ0n) is 12.1. The van der Waals surface area contributed by atoms with Gasteiger partial charge in [-0.25, -0.2) is 0 Å². The van der Waals surface area contributed by atoms with Gasteiger partial charge in [-0.1, -0.05) is 20.8 Å². The molecule has 0 bridgehead atoms. The molecule has 3 nitrogen and oxygen atoms in total. The lowest BCUT2D eigenvalue weighted by Crippen LogP contribution is -2.72. The van der Waals surface area contributed by atoms with Crippen molar-refractivity contribution in [2.45, 2.75) is 53.5 Å². The van der Waals surface area contributed by atoms with Crippen LogP contribution in [0, 0.1) is 5.41 Å². The maximum atomic E-state index is 4.65. The molecule has 0 amide bonds. The predicted molar refractivity (Wildman–Crippen MR) is 86.3 cm³/mol. The summed E-state index contributed by atoms with van der Waals surface area (Å²) in [4.78, 5) is 7.04. The van der Waals surface area contributed by atoms with Crippen LogP contribution < -0.4 is 5.32 Å². The number of nitrogens with one attached hydrogen (secondary N) is 1. The Kier molecular flexibility index (Phi) is 6.25. The zero-order chi connectivity index (χ0) is 12.4. The van der Waals surface area contributed by atoms with E-state index in [9.17, 15) is 0 Å². The third-order valence-corrected chi connectivity index (χ3v) is 3.96. The van der Waals surface area contributed by atoms with Crippen LogP contribution in [-0.2, 0) is 0 Å². The van der Waals surface area contributed by atoms with Crippen molar-refractivity contribution < 1.29 is 0 Å². The Balaban J connectivity index is 0.00000256. The van der Waals surface area contributed by atoms with Crippen LogP contribution in [0.1, 0.15) is 48.0 Å². The van der Waals surface area contributed by atoms with E-state index >= 15 is 0 Å². The molecule has 102 valence electrons. The molecule has 0 saturated carbocycles. The molecule has 0 aromatic heterocycles. The topological polar surface area (TPSA) is 27.6 Å². The van der Waals surface area contributed by atoms with E-state index in [1.165, 1.54) is 0 Å². The fourth-order valence-corrected chi connectivity index (χ4v) is 2.01. The molecule has 0 unspecified atom stereocenters. The molecule has 1 aliphatic rings. The highest BCUT2D eigenvalue weighted by Crippen LogP contribution is 2.46. The number of nitrogens with zero attached hydrogens (tertiary/aromatic N) is 2. The fourth-order valence-electron chi connectivity index (χ4n) is 2.01. The van der Waals surface area contributed by atoms with E-state index in [0.717, 1.165) is 32.0 Å². The maximum absolute atomic E-state index is 4.65. The monoisotopic (exact) mass is 353 g/mol. The van der Waals surface area contributed by atoms with Crippen molar-refractivity contribution in [2.24, 2.45) is 10.4 Å². The van der Waals surface area contributed by atoms with E-state index in [-0.39, 0.29) is 29.5 Å². The number of guanidine groups is 1. The summed E-state index contributed by atoms with van der Waals surface area (Å²) in [5, 5.41) is 3.39. The first kappa shape index (κ1) is 17.0. The molecule has 1 saturated heterocycles. The first-order chi connectivity index (χ1) is 7.36. The Labute approximate surface area is 123 Å². The van der Waals surface area contributed by atoms with Crippen LogP contribution in [0.15, 0.2) is 4.99 Å². The Morgan fingerprint density at radius 2 is 1.82 bits per heavy atom. The lowest BCUT2D eigenvalue weighted by molar-refractivity contribution is -0.0667. The van der Waals surface area contributed by atoms with Crippen molar-refractivity contribution >= 4 is 29.9 Å². The van der Waals surface area contributed by atoms with Crippen LogP contribution in [0.25, 0.3) is 0 Å².